The van der Waals surface area contributed by atoms with Gasteiger partial charge < -0.3 is 11.1 Å². The van der Waals surface area contributed by atoms with E-state index < -0.39 is 0 Å². The number of unbranched alkanes of at least 4 members (excludes halogenated alkanes) is 5. The van der Waals surface area contributed by atoms with Crippen LogP contribution < -0.4 is 11.1 Å². The molecule has 0 bridgehead atoms. The van der Waals surface area contributed by atoms with Crippen LogP contribution in [0.25, 0.3) is 0 Å². The van der Waals surface area contributed by atoms with E-state index >= 15 is 0 Å². The Morgan fingerprint density at radius 3 is 2.08 bits per heavy atom. The summed E-state index contributed by atoms with van der Waals surface area (Å²) in [5.41, 5.74) is 5.40. The molecule has 0 aromatic heterocycles. The molecule has 0 aliphatic carbocycles. The average Bonchev–Trinajstić information content (AvgIpc) is 2.10. The third kappa shape index (κ3) is 10.1. The fraction of sp³-hybridized carbons (Fsp3) is 1.00. The van der Waals surface area contributed by atoms with Gasteiger partial charge in [0.15, 0.2) is 0 Å². The van der Waals surface area contributed by atoms with Gasteiger partial charge in [0.1, 0.15) is 0 Å². The molecule has 0 spiro atoms. The van der Waals surface area contributed by atoms with Crippen LogP contribution in [0.3, 0.4) is 0 Å². The lowest BCUT2D eigenvalue weighted by molar-refractivity contribution is 0.582. The standard InChI is InChI=1S/C9H24N2Si/c10-7-5-3-1-2-4-6-8-11-9-12/h11H,1-10H2,12H3. The van der Waals surface area contributed by atoms with Crippen LogP contribution in [0.15, 0.2) is 0 Å². The minimum absolute atomic E-state index is 0.863. The maximum atomic E-state index is 5.40. The molecule has 0 aliphatic heterocycles. The van der Waals surface area contributed by atoms with Crippen LogP contribution in [0, 0.1) is 0 Å². The zero-order valence-electron chi connectivity index (χ0n) is 8.44. The number of nitrogens with one attached hydrogen (secondary N) is 1. The summed E-state index contributed by atoms with van der Waals surface area (Å²) in [7, 11) is 1.28. The summed E-state index contributed by atoms with van der Waals surface area (Å²) in [5.74, 6) is 0. The smallest absolute Gasteiger partial charge is 0.0201 e. The Balaban J connectivity index is 2.73. The summed E-state index contributed by atoms with van der Waals surface area (Å²) >= 11 is 0. The molecule has 0 saturated carbocycles. The Kier molecular flexibility index (Phi) is 11.3. The van der Waals surface area contributed by atoms with Crippen LogP contribution in [0.5, 0.6) is 0 Å². The molecule has 0 fully saturated rings. The highest BCUT2D eigenvalue weighted by Gasteiger charge is 1.89. The van der Waals surface area contributed by atoms with Crippen molar-refractivity contribution in [3.05, 3.63) is 0 Å². The van der Waals surface area contributed by atoms with Crippen LogP contribution in [0.1, 0.15) is 38.5 Å². The Hall–Kier alpha value is 0.137. The molecule has 0 unspecified atom stereocenters. The van der Waals surface area contributed by atoms with Gasteiger partial charge in [0.2, 0.25) is 0 Å². The predicted molar refractivity (Wildman–Crippen MR) is 59.6 cm³/mol. The van der Waals surface area contributed by atoms with E-state index in [2.05, 4.69) is 5.32 Å². The summed E-state index contributed by atoms with van der Waals surface area (Å²) in [5, 5.41) is 3.39. The highest BCUT2D eigenvalue weighted by atomic mass is 28.1. The van der Waals surface area contributed by atoms with E-state index in [1.54, 1.807) is 0 Å². The van der Waals surface area contributed by atoms with E-state index in [1.165, 1.54) is 61.5 Å². The maximum Gasteiger partial charge on any atom is 0.0201 e. The first-order valence-corrected chi connectivity index (χ1v) is 6.74. The summed E-state index contributed by atoms with van der Waals surface area (Å²) in [6.07, 6.45) is 9.28. The highest BCUT2D eigenvalue weighted by Crippen LogP contribution is 2.03. The first-order valence-electron chi connectivity index (χ1n) is 5.32. The topological polar surface area (TPSA) is 38.0 Å². The molecular formula is C9H24N2Si. The third-order valence-electron chi connectivity index (χ3n) is 2.06. The van der Waals surface area contributed by atoms with Gasteiger partial charge in [-0.25, -0.2) is 0 Å². The van der Waals surface area contributed by atoms with E-state index in [-0.39, 0.29) is 0 Å². The van der Waals surface area contributed by atoms with Gasteiger partial charge in [0.05, 0.1) is 0 Å². The number of hydrogen-bond acceptors (Lipinski definition) is 2. The van der Waals surface area contributed by atoms with Gasteiger partial charge in [0.25, 0.3) is 0 Å². The van der Waals surface area contributed by atoms with Gasteiger partial charge in [-0.15, -0.1) is 0 Å². The lowest BCUT2D eigenvalue weighted by Gasteiger charge is -2.01. The molecule has 0 amide bonds. The quantitative estimate of drug-likeness (QED) is 0.401. The van der Waals surface area contributed by atoms with Gasteiger partial charge in [-0.3, -0.25) is 0 Å². The lowest BCUT2D eigenvalue weighted by Crippen LogP contribution is -2.16. The van der Waals surface area contributed by atoms with Crippen molar-refractivity contribution in [3.8, 4) is 0 Å². The Bertz CT molecular complexity index is 68.9. The lowest BCUT2D eigenvalue weighted by atomic mass is 10.1. The van der Waals surface area contributed by atoms with Crippen LogP contribution in [0.4, 0.5) is 0 Å². The fourth-order valence-corrected chi connectivity index (χ4v) is 1.63. The van der Waals surface area contributed by atoms with E-state index in [9.17, 15) is 0 Å². The summed E-state index contributed by atoms with van der Waals surface area (Å²) in [6, 6.07) is 0. The SMILES string of the molecule is NCCCCCCCCNC[SiH3]. The van der Waals surface area contributed by atoms with Gasteiger partial charge in [-0.1, -0.05) is 25.7 Å². The van der Waals surface area contributed by atoms with Crippen molar-refractivity contribution in [1.29, 1.82) is 0 Å². The fourth-order valence-electron chi connectivity index (χ4n) is 1.28. The normalized spacial score (nSPS) is 10.8. The van der Waals surface area contributed by atoms with Crippen LogP contribution in [-0.2, 0) is 0 Å². The van der Waals surface area contributed by atoms with Crippen molar-refractivity contribution in [1.82, 2.24) is 5.32 Å². The van der Waals surface area contributed by atoms with Gasteiger partial charge in [-0.2, -0.15) is 0 Å². The molecule has 0 saturated heterocycles. The number of nitrogens with two attached hydrogens (primary N) is 1. The van der Waals surface area contributed by atoms with Crippen LogP contribution in [0.2, 0.25) is 0 Å². The Morgan fingerprint density at radius 1 is 0.917 bits per heavy atom. The van der Waals surface area contributed by atoms with Gasteiger partial charge >= 0.3 is 0 Å². The van der Waals surface area contributed by atoms with E-state index in [0.717, 1.165) is 6.54 Å². The van der Waals surface area contributed by atoms with Crippen molar-refractivity contribution in [2.75, 3.05) is 19.3 Å². The number of hydrogen-bond donors (Lipinski definition) is 2. The maximum absolute atomic E-state index is 5.40. The van der Waals surface area contributed by atoms with Crippen molar-refractivity contribution in [2.45, 2.75) is 38.5 Å². The first-order chi connectivity index (χ1) is 5.91. The second-order valence-electron chi connectivity index (χ2n) is 3.26. The summed E-state index contributed by atoms with van der Waals surface area (Å²) < 4.78 is 0. The molecule has 74 valence electrons. The molecule has 0 aliphatic rings. The molecule has 0 heterocycles. The monoisotopic (exact) mass is 188 g/mol. The van der Waals surface area contributed by atoms with E-state index in [1.807, 2.05) is 0 Å². The second-order valence-corrected chi connectivity index (χ2v) is 3.97. The Morgan fingerprint density at radius 2 is 1.50 bits per heavy atom. The minimum atomic E-state index is 0.863. The molecule has 0 aromatic rings. The molecule has 3 N–H and O–H groups in total. The number of rotatable bonds is 9. The summed E-state index contributed by atoms with van der Waals surface area (Å²) in [6.45, 7) is 2.09. The molecule has 0 radical (unpaired) electrons. The molecule has 2 nitrogen and oxygen atoms in total. The largest absolute Gasteiger partial charge is 0.330 e. The summed E-state index contributed by atoms with van der Waals surface area (Å²) in [4.78, 5) is 0. The van der Waals surface area contributed by atoms with Gasteiger partial charge in [-0.05, 0) is 32.1 Å². The molecule has 0 aromatic carbocycles. The molecule has 0 atom stereocenters. The zero-order valence-corrected chi connectivity index (χ0v) is 10.4. The van der Waals surface area contributed by atoms with Crippen molar-refractivity contribution < 1.29 is 0 Å². The highest BCUT2D eigenvalue weighted by molar-refractivity contribution is 6.08. The van der Waals surface area contributed by atoms with E-state index in [0.29, 0.717) is 0 Å². The predicted octanol–water partition coefficient (Wildman–Crippen LogP) is 0.198. The zero-order chi connectivity index (χ0) is 9.07. The van der Waals surface area contributed by atoms with Crippen molar-refractivity contribution >= 4 is 10.2 Å². The van der Waals surface area contributed by atoms with Crippen molar-refractivity contribution in [3.63, 3.8) is 0 Å². The van der Waals surface area contributed by atoms with Crippen molar-refractivity contribution in [2.24, 2.45) is 5.73 Å². The van der Waals surface area contributed by atoms with Gasteiger partial charge in [0, 0.05) is 10.2 Å². The van der Waals surface area contributed by atoms with Crippen LogP contribution >= 0.6 is 0 Å². The second kappa shape index (κ2) is 11.1. The molecule has 3 heteroatoms. The molecule has 0 rings (SSSR count). The third-order valence-corrected chi connectivity index (χ3v) is 2.56. The van der Waals surface area contributed by atoms with Crippen LogP contribution in [-0.4, -0.2) is 29.5 Å². The first kappa shape index (κ1) is 12.1. The minimum Gasteiger partial charge on any atom is -0.330 e. The molecular weight excluding hydrogens is 164 g/mol. The van der Waals surface area contributed by atoms with E-state index in [4.69, 9.17) is 5.73 Å². The molecule has 12 heavy (non-hydrogen) atoms. The average molecular weight is 188 g/mol. The Labute approximate surface area is 79.7 Å².